The molecule has 0 saturated heterocycles. The lowest BCUT2D eigenvalue weighted by atomic mass is 9.76. The summed E-state index contributed by atoms with van der Waals surface area (Å²) < 4.78 is 15.2. The van der Waals surface area contributed by atoms with Gasteiger partial charge in [-0.2, -0.15) is 0 Å². The second-order valence-electron chi connectivity index (χ2n) is 11.8. The van der Waals surface area contributed by atoms with Crippen molar-refractivity contribution in [3.63, 3.8) is 0 Å². The second-order valence-corrected chi connectivity index (χ2v) is 11.8. The van der Waals surface area contributed by atoms with Crippen LogP contribution in [0, 0.1) is 17.7 Å². The van der Waals surface area contributed by atoms with Gasteiger partial charge in [0, 0.05) is 5.56 Å². The summed E-state index contributed by atoms with van der Waals surface area (Å²) in [5.74, 6) is 3.03. The van der Waals surface area contributed by atoms with E-state index in [1.807, 2.05) is 12.1 Å². The maximum Gasteiger partial charge on any atom is 0.131 e. The van der Waals surface area contributed by atoms with Crippen LogP contribution in [0.25, 0.3) is 11.1 Å². The number of rotatable bonds is 11. The highest BCUT2D eigenvalue weighted by molar-refractivity contribution is 5.65. The number of hydrogen-bond acceptors (Lipinski definition) is 0. The van der Waals surface area contributed by atoms with Gasteiger partial charge < -0.3 is 0 Å². The quantitative estimate of drug-likeness (QED) is 0.283. The Morgan fingerprint density at radius 3 is 1.57 bits per heavy atom. The standard InChI is InChI=1S/C34H49F/c1-3-5-7-9-26-11-15-28(16-12-26)29-19-21-31(22-20-29)33-24-23-32(25-34(33)35)30-17-13-27(14-18-30)10-8-6-4-2/h19-28,30H,3-18H2,1-2H3/t26?,27-,28?,30-. The fourth-order valence-electron chi connectivity index (χ4n) is 6.89. The average molecular weight is 477 g/mol. The van der Waals surface area contributed by atoms with Crippen molar-refractivity contribution in [2.45, 2.75) is 128 Å². The highest BCUT2D eigenvalue weighted by Gasteiger charge is 2.24. The minimum Gasteiger partial charge on any atom is -0.206 e. The van der Waals surface area contributed by atoms with Crippen molar-refractivity contribution in [3.05, 3.63) is 59.4 Å². The number of benzene rings is 2. The Bertz CT molecular complexity index is 866. The summed E-state index contributed by atoms with van der Waals surface area (Å²) in [5.41, 5.74) is 4.44. The van der Waals surface area contributed by atoms with Gasteiger partial charge in [-0.05, 0) is 97.8 Å². The van der Waals surface area contributed by atoms with Gasteiger partial charge in [0.25, 0.3) is 0 Å². The SMILES string of the molecule is CCCCCC1CCC(c2ccc(-c3ccc([C@H]4CC[C@H](CCCCC)CC4)cc3F)cc2)CC1. The first kappa shape index (κ1) is 26.4. The average Bonchev–Trinajstić information content (AvgIpc) is 2.90. The van der Waals surface area contributed by atoms with Gasteiger partial charge >= 0.3 is 0 Å². The molecular formula is C34H49F. The molecule has 0 aliphatic heterocycles. The smallest absolute Gasteiger partial charge is 0.131 e. The van der Waals surface area contributed by atoms with Gasteiger partial charge in [0.1, 0.15) is 5.82 Å². The molecule has 1 heteroatoms. The van der Waals surface area contributed by atoms with Crippen LogP contribution in [0.2, 0.25) is 0 Å². The van der Waals surface area contributed by atoms with Crippen LogP contribution >= 0.6 is 0 Å². The predicted octanol–water partition coefficient (Wildman–Crippen LogP) is 11.2. The molecule has 0 atom stereocenters. The summed E-state index contributed by atoms with van der Waals surface area (Å²) in [5, 5.41) is 0. The van der Waals surface area contributed by atoms with E-state index in [1.54, 1.807) is 0 Å². The normalized spacial score (nSPS) is 25.0. The van der Waals surface area contributed by atoms with Crippen LogP contribution < -0.4 is 0 Å². The van der Waals surface area contributed by atoms with E-state index in [1.165, 1.54) is 114 Å². The monoisotopic (exact) mass is 476 g/mol. The van der Waals surface area contributed by atoms with Crippen LogP contribution in [0.1, 0.15) is 140 Å². The zero-order valence-electron chi connectivity index (χ0n) is 22.5. The topological polar surface area (TPSA) is 0 Å². The summed E-state index contributed by atoms with van der Waals surface area (Å²) in [6.45, 7) is 4.58. The Kier molecular flexibility index (Phi) is 10.3. The Balaban J connectivity index is 1.30. The minimum absolute atomic E-state index is 0.0482. The maximum absolute atomic E-state index is 15.2. The molecule has 0 heterocycles. The van der Waals surface area contributed by atoms with Crippen LogP contribution in [-0.2, 0) is 0 Å². The van der Waals surface area contributed by atoms with E-state index in [9.17, 15) is 0 Å². The predicted molar refractivity (Wildman–Crippen MR) is 150 cm³/mol. The highest BCUT2D eigenvalue weighted by Crippen LogP contribution is 2.40. The van der Waals surface area contributed by atoms with Crippen molar-refractivity contribution >= 4 is 0 Å². The Labute approximate surface area is 215 Å². The molecule has 4 rings (SSSR count). The molecular weight excluding hydrogens is 427 g/mol. The summed E-state index contributed by atoms with van der Waals surface area (Å²) in [4.78, 5) is 0. The maximum atomic E-state index is 15.2. The van der Waals surface area contributed by atoms with Gasteiger partial charge in [-0.3, -0.25) is 0 Å². The van der Waals surface area contributed by atoms with Crippen LogP contribution in [0.5, 0.6) is 0 Å². The molecule has 192 valence electrons. The van der Waals surface area contributed by atoms with Crippen molar-refractivity contribution in [2.75, 3.05) is 0 Å². The molecule has 2 aliphatic carbocycles. The molecule has 0 bridgehead atoms. The molecule has 35 heavy (non-hydrogen) atoms. The van der Waals surface area contributed by atoms with E-state index in [0.29, 0.717) is 11.8 Å². The third-order valence-electron chi connectivity index (χ3n) is 9.28. The van der Waals surface area contributed by atoms with Gasteiger partial charge in [-0.1, -0.05) is 102 Å². The van der Waals surface area contributed by atoms with E-state index in [2.05, 4.69) is 44.2 Å². The lowest BCUT2D eigenvalue weighted by molar-refractivity contribution is 0.302. The van der Waals surface area contributed by atoms with Crippen molar-refractivity contribution < 1.29 is 4.39 Å². The van der Waals surface area contributed by atoms with Crippen molar-refractivity contribution in [2.24, 2.45) is 11.8 Å². The van der Waals surface area contributed by atoms with E-state index >= 15 is 4.39 Å². The molecule has 0 nitrogen and oxygen atoms in total. The molecule has 0 radical (unpaired) electrons. The van der Waals surface area contributed by atoms with Crippen molar-refractivity contribution in [3.8, 4) is 11.1 Å². The van der Waals surface area contributed by atoms with E-state index in [4.69, 9.17) is 0 Å². The van der Waals surface area contributed by atoms with Crippen LogP contribution in [-0.4, -0.2) is 0 Å². The molecule has 0 spiro atoms. The Hall–Kier alpha value is -1.63. The molecule has 2 aliphatic rings. The van der Waals surface area contributed by atoms with Crippen molar-refractivity contribution in [1.29, 1.82) is 0 Å². The first-order chi connectivity index (χ1) is 17.2. The van der Waals surface area contributed by atoms with Gasteiger partial charge in [0.15, 0.2) is 0 Å². The van der Waals surface area contributed by atoms with E-state index in [-0.39, 0.29) is 5.82 Å². The third kappa shape index (κ3) is 7.43. The van der Waals surface area contributed by atoms with Crippen LogP contribution in [0.15, 0.2) is 42.5 Å². The largest absolute Gasteiger partial charge is 0.206 e. The second kappa shape index (κ2) is 13.6. The molecule has 0 amide bonds. The lowest BCUT2D eigenvalue weighted by Crippen LogP contribution is -2.13. The van der Waals surface area contributed by atoms with Gasteiger partial charge in [-0.15, -0.1) is 0 Å². The lowest BCUT2D eigenvalue weighted by Gasteiger charge is -2.29. The Morgan fingerprint density at radius 1 is 0.600 bits per heavy atom. The first-order valence-electron chi connectivity index (χ1n) is 15.1. The Morgan fingerprint density at radius 2 is 1.09 bits per heavy atom. The fourth-order valence-corrected chi connectivity index (χ4v) is 6.89. The number of hydrogen-bond donors (Lipinski definition) is 0. The fraction of sp³-hybridized carbons (Fsp3) is 0.647. The number of unbranched alkanes of at least 4 members (excludes halogenated alkanes) is 4. The summed E-state index contributed by atoms with van der Waals surface area (Å²) >= 11 is 0. The molecule has 0 aromatic heterocycles. The van der Waals surface area contributed by atoms with Crippen LogP contribution in [0.4, 0.5) is 4.39 Å². The highest BCUT2D eigenvalue weighted by atomic mass is 19.1. The zero-order valence-corrected chi connectivity index (χ0v) is 22.5. The van der Waals surface area contributed by atoms with Gasteiger partial charge in [0.2, 0.25) is 0 Å². The zero-order chi connectivity index (χ0) is 24.5. The van der Waals surface area contributed by atoms with Gasteiger partial charge in [0.05, 0.1) is 0 Å². The summed E-state index contributed by atoms with van der Waals surface area (Å²) in [7, 11) is 0. The molecule has 0 unspecified atom stereocenters. The third-order valence-corrected chi connectivity index (χ3v) is 9.28. The summed E-state index contributed by atoms with van der Waals surface area (Å²) in [6, 6.07) is 14.9. The molecule has 0 N–H and O–H groups in total. The molecule has 2 aromatic rings. The minimum atomic E-state index is -0.0482. The van der Waals surface area contributed by atoms with Gasteiger partial charge in [-0.25, -0.2) is 4.39 Å². The first-order valence-corrected chi connectivity index (χ1v) is 15.1. The molecule has 2 aromatic carbocycles. The van der Waals surface area contributed by atoms with E-state index < -0.39 is 0 Å². The van der Waals surface area contributed by atoms with E-state index in [0.717, 1.165) is 23.0 Å². The van der Waals surface area contributed by atoms with Crippen molar-refractivity contribution in [1.82, 2.24) is 0 Å². The summed E-state index contributed by atoms with van der Waals surface area (Å²) in [6.07, 6.45) is 21.5. The molecule has 2 saturated carbocycles. The number of halogens is 1. The molecule has 2 fully saturated rings. The van der Waals surface area contributed by atoms with Crippen LogP contribution in [0.3, 0.4) is 0 Å².